The smallest absolute Gasteiger partial charge is 0.253 e. The van der Waals surface area contributed by atoms with Crippen molar-refractivity contribution >= 4 is 27.9 Å². The predicted molar refractivity (Wildman–Crippen MR) is 175 cm³/mol. The molecule has 0 fully saturated rings. The van der Waals surface area contributed by atoms with E-state index in [2.05, 4.69) is 10.0 Å². The topological polar surface area (TPSA) is 114 Å². The van der Waals surface area contributed by atoms with Crippen LogP contribution in [0.2, 0.25) is 0 Å². The number of fused-ring (bicyclic) bond motifs is 1. The Labute approximate surface area is 266 Å². The molecular formula is C35H43N3O6S. The normalized spacial score (nSPS) is 15.8. The van der Waals surface area contributed by atoms with Crippen molar-refractivity contribution in [3.05, 3.63) is 101 Å². The summed E-state index contributed by atoms with van der Waals surface area (Å²) in [6, 6.07) is 22.2. The number of carbonyl (C=O) groups is 2. The molecule has 0 bridgehead atoms. The van der Waals surface area contributed by atoms with Crippen molar-refractivity contribution in [1.82, 2.24) is 14.9 Å². The van der Waals surface area contributed by atoms with Gasteiger partial charge in [0.15, 0.2) is 0 Å². The second-order valence-corrected chi connectivity index (χ2v) is 12.7. The van der Waals surface area contributed by atoms with Gasteiger partial charge in [0.25, 0.3) is 5.91 Å². The molecule has 3 aromatic rings. The minimum atomic E-state index is -3.72. The molecule has 0 aromatic heterocycles. The minimum absolute atomic E-state index is 0.0447. The molecule has 9 nitrogen and oxygen atoms in total. The Morgan fingerprint density at radius 1 is 0.978 bits per heavy atom. The second-order valence-electron chi connectivity index (χ2n) is 10.9. The Hall–Kier alpha value is -3.99. The SMILES string of the molecule is CCNS(=O)(=O)c1ccc2c(c1)C(c1ccc(C(=O)N(CC)CC)cc1)=CC(CCCOCc1ccccc1)(CCNC=O)O2. The third kappa shape index (κ3) is 8.59. The lowest BCUT2D eigenvalue weighted by Gasteiger charge is -2.38. The van der Waals surface area contributed by atoms with Gasteiger partial charge in [-0.25, -0.2) is 13.1 Å². The molecule has 1 unspecified atom stereocenters. The zero-order chi connectivity index (χ0) is 32.3. The number of amides is 2. The van der Waals surface area contributed by atoms with E-state index < -0.39 is 15.6 Å². The standard InChI is InChI=1S/C35H43N3O6S/c1-4-37-45(41,42)30-17-18-33-31(23-30)32(28-13-15-29(16-14-28)34(40)38(5-2)6-3)24-35(44-33,20-21-36-26-39)19-10-22-43-25-27-11-8-7-9-12-27/h7-9,11-18,23-24,26,37H,4-6,10,19-22,25H2,1-3H3,(H,36,39). The number of nitrogens with zero attached hydrogens (tertiary/aromatic N) is 1. The monoisotopic (exact) mass is 633 g/mol. The Bertz CT molecular complexity index is 1570. The first-order valence-corrected chi connectivity index (χ1v) is 17.0. The van der Waals surface area contributed by atoms with Gasteiger partial charge in [-0.2, -0.15) is 0 Å². The quantitative estimate of drug-likeness (QED) is 0.157. The maximum Gasteiger partial charge on any atom is 0.253 e. The molecule has 4 rings (SSSR count). The van der Waals surface area contributed by atoms with Crippen LogP contribution in [0.1, 0.15) is 67.1 Å². The summed E-state index contributed by atoms with van der Waals surface area (Å²) in [6.45, 7) is 8.53. The zero-order valence-corrected chi connectivity index (χ0v) is 27.1. The van der Waals surface area contributed by atoms with Crippen molar-refractivity contribution in [2.45, 2.75) is 57.1 Å². The average molecular weight is 634 g/mol. The van der Waals surface area contributed by atoms with Crippen LogP contribution in [0.3, 0.4) is 0 Å². The number of hydrogen-bond donors (Lipinski definition) is 2. The van der Waals surface area contributed by atoms with E-state index in [1.165, 1.54) is 0 Å². The Morgan fingerprint density at radius 2 is 1.71 bits per heavy atom. The molecule has 0 saturated heterocycles. The largest absolute Gasteiger partial charge is 0.482 e. The molecule has 0 spiro atoms. The fourth-order valence-electron chi connectivity index (χ4n) is 5.51. The van der Waals surface area contributed by atoms with Crippen LogP contribution in [-0.4, -0.2) is 64.0 Å². The molecule has 0 radical (unpaired) electrons. The zero-order valence-electron chi connectivity index (χ0n) is 26.3. The molecule has 1 heterocycles. The Kier molecular flexibility index (Phi) is 11.9. The predicted octanol–water partition coefficient (Wildman–Crippen LogP) is 5.16. The van der Waals surface area contributed by atoms with Crippen LogP contribution >= 0.6 is 0 Å². The average Bonchev–Trinajstić information content (AvgIpc) is 3.05. The van der Waals surface area contributed by atoms with Crippen molar-refractivity contribution in [3.8, 4) is 5.75 Å². The third-order valence-electron chi connectivity index (χ3n) is 7.88. The molecule has 0 aliphatic carbocycles. The summed E-state index contributed by atoms with van der Waals surface area (Å²) < 4.78 is 41.1. The number of hydrogen-bond acceptors (Lipinski definition) is 6. The van der Waals surface area contributed by atoms with E-state index in [1.54, 1.807) is 42.2 Å². The van der Waals surface area contributed by atoms with E-state index >= 15 is 0 Å². The number of benzene rings is 3. The van der Waals surface area contributed by atoms with Gasteiger partial charge in [-0.1, -0.05) is 49.4 Å². The maximum atomic E-state index is 13.0. The summed E-state index contributed by atoms with van der Waals surface area (Å²) in [5.41, 5.74) is 3.13. The van der Waals surface area contributed by atoms with Gasteiger partial charge in [-0.3, -0.25) is 9.59 Å². The highest BCUT2D eigenvalue weighted by Gasteiger charge is 2.36. The summed E-state index contributed by atoms with van der Waals surface area (Å²) >= 11 is 0. The van der Waals surface area contributed by atoms with Crippen molar-refractivity contribution < 1.29 is 27.5 Å². The van der Waals surface area contributed by atoms with Crippen molar-refractivity contribution in [2.75, 3.05) is 32.8 Å². The Morgan fingerprint density at radius 3 is 2.38 bits per heavy atom. The van der Waals surface area contributed by atoms with Gasteiger partial charge >= 0.3 is 0 Å². The highest BCUT2D eigenvalue weighted by molar-refractivity contribution is 7.89. The molecule has 3 aromatic carbocycles. The van der Waals surface area contributed by atoms with Crippen LogP contribution in [0.15, 0.2) is 83.8 Å². The summed E-state index contributed by atoms with van der Waals surface area (Å²) in [6.07, 6.45) is 4.48. The van der Waals surface area contributed by atoms with Crippen molar-refractivity contribution in [3.63, 3.8) is 0 Å². The first-order chi connectivity index (χ1) is 21.8. The van der Waals surface area contributed by atoms with E-state index in [-0.39, 0.29) is 17.3 Å². The summed E-state index contributed by atoms with van der Waals surface area (Å²) in [5, 5.41) is 2.76. The first-order valence-electron chi connectivity index (χ1n) is 15.5. The molecule has 45 heavy (non-hydrogen) atoms. The molecule has 1 aliphatic rings. The van der Waals surface area contributed by atoms with Crippen LogP contribution < -0.4 is 14.8 Å². The van der Waals surface area contributed by atoms with Gasteiger partial charge in [0.1, 0.15) is 11.4 Å². The van der Waals surface area contributed by atoms with Gasteiger partial charge in [0.2, 0.25) is 16.4 Å². The van der Waals surface area contributed by atoms with E-state index in [0.29, 0.717) is 75.4 Å². The van der Waals surface area contributed by atoms with E-state index in [4.69, 9.17) is 9.47 Å². The molecule has 0 saturated carbocycles. The lowest BCUT2D eigenvalue weighted by molar-refractivity contribution is -0.109. The fourth-order valence-corrected chi connectivity index (χ4v) is 6.58. The molecule has 2 N–H and O–H groups in total. The van der Waals surface area contributed by atoms with E-state index in [9.17, 15) is 18.0 Å². The van der Waals surface area contributed by atoms with Gasteiger partial charge in [-0.05, 0) is 79.8 Å². The van der Waals surface area contributed by atoms with Crippen LogP contribution in [-0.2, 0) is 26.2 Å². The van der Waals surface area contributed by atoms with Crippen molar-refractivity contribution in [1.29, 1.82) is 0 Å². The number of carbonyl (C=O) groups excluding carboxylic acids is 2. The molecule has 2 amide bonds. The second kappa shape index (κ2) is 15.8. The van der Waals surface area contributed by atoms with Crippen LogP contribution in [0.25, 0.3) is 5.57 Å². The highest BCUT2D eigenvalue weighted by atomic mass is 32.2. The Balaban J connectivity index is 1.70. The van der Waals surface area contributed by atoms with Crippen LogP contribution in [0.5, 0.6) is 5.75 Å². The molecular weight excluding hydrogens is 590 g/mol. The number of ether oxygens (including phenoxy) is 2. The van der Waals surface area contributed by atoms with E-state index in [0.717, 1.165) is 16.7 Å². The van der Waals surface area contributed by atoms with Crippen LogP contribution in [0, 0.1) is 0 Å². The lowest BCUT2D eigenvalue weighted by atomic mass is 9.83. The fraction of sp³-hybridized carbons (Fsp3) is 0.371. The minimum Gasteiger partial charge on any atom is -0.482 e. The molecule has 1 atom stereocenters. The number of nitrogens with one attached hydrogen (secondary N) is 2. The van der Waals surface area contributed by atoms with Gasteiger partial charge in [0.05, 0.1) is 11.5 Å². The number of sulfonamides is 1. The maximum absolute atomic E-state index is 13.0. The van der Waals surface area contributed by atoms with Gasteiger partial charge in [-0.15, -0.1) is 0 Å². The van der Waals surface area contributed by atoms with Gasteiger partial charge < -0.3 is 19.7 Å². The van der Waals surface area contributed by atoms with E-state index in [1.807, 2.05) is 62.4 Å². The molecule has 1 aliphatic heterocycles. The molecule has 10 heteroatoms. The first kappa shape index (κ1) is 33.9. The third-order valence-corrected chi connectivity index (χ3v) is 9.42. The van der Waals surface area contributed by atoms with Gasteiger partial charge in [0, 0.05) is 50.3 Å². The van der Waals surface area contributed by atoms with Crippen LogP contribution in [0.4, 0.5) is 0 Å². The summed E-state index contributed by atoms with van der Waals surface area (Å²) in [7, 11) is -3.72. The lowest BCUT2D eigenvalue weighted by Crippen LogP contribution is -2.40. The van der Waals surface area contributed by atoms with Crippen molar-refractivity contribution in [2.24, 2.45) is 0 Å². The molecule has 240 valence electrons. The summed E-state index contributed by atoms with van der Waals surface area (Å²) in [4.78, 5) is 26.0. The summed E-state index contributed by atoms with van der Waals surface area (Å²) in [5.74, 6) is 0.499. The highest BCUT2D eigenvalue weighted by Crippen LogP contribution is 2.43. The number of rotatable bonds is 17.